The van der Waals surface area contributed by atoms with E-state index in [-0.39, 0.29) is 5.69 Å². The molecule has 140 valence electrons. The quantitative estimate of drug-likeness (QED) is 0.673. The number of carbonyl (C=O) groups excluding carboxylic acids is 1. The van der Waals surface area contributed by atoms with Gasteiger partial charge in [0.25, 0.3) is 0 Å². The Morgan fingerprint density at radius 1 is 1.32 bits per heavy atom. The molecular weight excluding hydrogens is 347 g/mol. The van der Waals surface area contributed by atoms with Gasteiger partial charge in [0.05, 0.1) is 18.0 Å². The number of ether oxygens (including phenoxy) is 1. The molecule has 6 nitrogen and oxygen atoms in total. The van der Waals surface area contributed by atoms with Gasteiger partial charge in [-0.1, -0.05) is 25.0 Å². The average molecular weight is 372 g/mol. The first kappa shape index (κ1) is 19.7. The summed E-state index contributed by atoms with van der Waals surface area (Å²) in [6.45, 7) is 0.498. The maximum absolute atomic E-state index is 13.9. The number of sulfonamides is 1. The van der Waals surface area contributed by atoms with Crippen molar-refractivity contribution in [2.45, 2.75) is 38.2 Å². The van der Waals surface area contributed by atoms with Gasteiger partial charge in [0.15, 0.2) is 0 Å². The molecule has 1 amide bonds. The Morgan fingerprint density at radius 2 is 2.00 bits per heavy atom. The van der Waals surface area contributed by atoms with Crippen LogP contribution < -0.4 is 9.62 Å². The molecule has 0 atom stereocenters. The zero-order valence-corrected chi connectivity index (χ0v) is 15.2. The topological polar surface area (TPSA) is 75.7 Å². The highest BCUT2D eigenvalue weighted by molar-refractivity contribution is 7.92. The van der Waals surface area contributed by atoms with Crippen LogP contribution in [0.1, 0.15) is 32.1 Å². The van der Waals surface area contributed by atoms with Gasteiger partial charge in [0.1, 0.15) is 12.4 Å². The summed E-state index contributed by atoms with van der Waals surface area (Å²) in [5, 5.41) is 2.65. The van der Waals surface area contributed by atoms with Gasteiger partial charge in [-0.25, -0.2) is 12.8 Å². The van der Waals surface area contributed by atoms with Crippen molar-refractivity contribution in [3.05, 3.63) is 30.1 Å². The lowest BCUT2D eigenvalue weighted by atomic mass is 10.3. The molecule has 0 radical (unpaired) electrons. The van der Waals surface area contributed by atoms with Crippen LogP contribution in [0.4, 0.5) is 10.1 Å². The van der Waals surface area contributed by atoms with Gasteiger partial charge < -0.3 is 10.1 Å². The fourth-order valence-electron chi connectivity index (χ4n) is 2.83. The predicted molar refractivity (Wildman–Crippen MR) is 94.4 cm³/mol. The summed E-state index contributed by atoms with van der Waals surface area (Å²) < 4.78 is 44.1. The Bertz CT molecular complexity index is 675. The predicted octanol–water partition coefficient (Wildman–Crippen LogP) is 2.06. The molecule has 1 aromatic rings. The second-order valence-corrected chi connectivity index (χ2v) is 8.11. The van der Waals surface area contributed by atoms with Crippen LogP contribution in [-0.4, -0.2) is 46.4 Å². The van der Waals surface area contributed by atoms with Gasteiger partial charge in [0.2, 0.25) is 15.9 Å². The maximum Gasteiger partial charge on any atom is 0.240 e. The highest BCUT2D eigenvalue weighted by atomic mass is 32.2. The number of rotatable bonds is 9. The number of amides is 1. The molecule has 1 aromatic carbocycles. The lowest BCUT2D eigenvalue weighted by molar-refractivity contribution is -0.119. The minimum Gasteiger partial charge on any atom is -0.378 e. The van der Waals surface area contributed by atoms with Crippen molar-refractivity contribution in [1.29, 1.82) is 0 Å². The first-order chi connectivity index (χ1) is 11.9. The van der Waals surface area contributed by atoms with E-state index < -0.39 is 28.3 Å². The number of hydrogen-bond donors (Lipinski definition) is 1. The third-order valence-electron chi connectivity index (χ3n) is 4.11. The maximum atomic E-state index is 13.9. The molecule has 1 saturated carbocycles. The Kier molecular flexibility index (Phi) is 7.19. The van der Waals surface area contributed by atoms with E-state index in [9.17, 15) is 17.6 Å². The summed E-state index contributed by atoms with van der Waals surface area (Å²) in [5.41, 5.74) is -0.135. The summed E-state index contributed by atoms with van der Waals surface area (Å²) in [6, 6.07) is 5.48. The zero-order valence-electron chi connectivity index (χ0n) is 14.4. The Morgan fingerprint density at radius 3 is 2.64 bits per heavy atom. The van der Waals surface area contributed by atoms with E-state index in [1.165, 1.54) is 31.0 Å². The highest BCUT2D eigenvalue weighted by Gasteiger charge is 2.23. The summed E-state index contributed by atoms with van der Waals surface area (Å²) in [6.07, 6.45) is 6.54. The van der Waals surface area contributed by atoms with Crippen LogP contribution in [0, 0.1) is 5.82 Å². The van der Waals surface area contributed by atoms with Crippen LogP contribution in [-0.2, 0) is 19.6 Å². The van der Waals surface area contributed by atoms with Crippen LogP contribution in [0.25, 0.3) is 0 Å². The van der Waals surface area contributed by atoms with Crippen LogP contribution in [0.3, 0.4) is 0 Å². The first-order valence-corrected chi connectivity index (χ1v) is 10.3. The zero-order chi connectivity index (χ0) is 18.3. The summed E-state index contributed by atoms with van der Waals surface area (Å²) in [5.74, 6) is -1.17. The van der Waals surface area contributed by atoms with Gasteiger partial charge in [0, 0.05) is 13.2 Å². The molecule has 0 aromatic heterocycles. The molecule has 25 heavy (non-hydrogen) atoms. The summed E-state index contributed by atoms with van der Waals surface area (Å²) in [7, 11) is -3.77. The van der Waals surface area contributed by atoms with Crippen molar-refractivity contribution < 1.29 is 22.3 Å². The van der Waals surface area contributed by atoms with Gasteiger partial charge in [-0.2, -0.15) is 0 Å². The van der Waals surface area contributed by atoms with Gasteiger partial charge in [-0.3, -0.25) is 9.10 Å². The number of anilines is 1. The molecule has 1 aliphatic rings. The van der Waals surface area contributed by atoms with Crippen molar-refractivity contribution in [2.75, 3.05) is 30.3 Å². The van der Waals surface area contributed by atoms with Crippen LogP contribution in [0.15, 0.2) is 24.3 Å². The second-order valence-electron chi connectivity index (χ2n) is 6.20. The molecular formula is C17H25FN2O4S. The van der Waals surface area contributed by atoms with E-state index in [4.69, 9.17) is 4.74 Å². The lowest BCUT2D eigenvalue weighted by Gasteiger charge is -2.22. The third-order valence-corrected chi connectivity index (χ3v) is 5.23. The number of benzene rings is 1. The number of carbonyl (C=O) groups is 1. The van der Waals surface area contributed by atoms with Crippen LogP contribution in [0.5, 0.6) is 0 Å². The molecule has 8 heteroatoms. The molecule has 0 aliphatic heterocycles. The number of nitrogens with one attached hydrogen (secondary N) is 1. The lowest BCUT2D eigenvalue weighted by Crippen LogP contribution is -2.41. The SMILES string of the molecule is CS(=O)(=O)N(CC(=O)NCCCOC1CCCC1)c1ccccc1F. The molecule has 0 spiro atoms. The Labute approximate surface area is 148 Å². The fraction of sp³-hybridized carbons (Fsp3) is 0.588. The van der Waals surface area contributed by atoms with Gasteiger partial charge >= 0.3 is 0 Å². The molecule has 0 saturated heterocycles. The van der Waals surface area contributed by atoms with Gasteiger partial charge in [-0.05, 0) is 31.4 Å². The van der Waals surface area contributed by atoms with E-state index in [0.717, 1.165) is 29.5 Å². The number of nitrogens with zero attached hydrogens (tertiary/aromatic N) is 1. The average Bonchev–Trinajstić information content (AvgIpc) is 3.05. The van der Waals surface area contributed by atoms with E-state index >= 15 is 0 Å². The van der Waals surface area contributed by atoms with Crippen LogP contribution in [0.2, 0.25) is 0 Å². The Hall–Kier alpha value is -1.67. The first-order valence-electron chi connectivity index (χ1n) is 8.48. The van der Waals surface area contributed by atoms with Crippen molar-refractivity contribution >= 4 is 21.6 Å². The molecule has 0 heterocycles. The fourth-order valence-corrected chi connectivity index (χ4v) is 3.68. The van der Waals surface area contributed by atoms with Crippen molar-refractivity contribution in [3.8, 4) is 0 Å². The monoisotopic (exact) mass is 372 g/mol. The molecule has 1 fully saturated rings. The van der Waals surface area contributed by atoms with Crippen molar-refractivity contribution in [3.63, 3.8) is 0 Å². The normalized spacial score (nSPS) is 15.3. The van der Waals surface area contributed by atoms with Crippen molar-refractivity contribution in [1.82, 2.24) is 5.32 Å². The van der Waals surface area contributed by atoms with E-state index in [2.05, 4.69) is 5.32 Å². The number of para-hydroxylation sites is 1. The largest absolute Gasteiger partial charge is 0.378 e. The second kappa shape index (κ2) is 9.15. The van der Waals surface area contributed by atoms with E-state index in [0.29, 0.717) is 25.7 Å². The molecule has 1 N–H and O–H groups in total. The molecule has 1 aliphatic carbocycles. The third kappa shape index (κ3) is 6.28. The van der Waals surface area contributed by atoms with E-state index in [1.54, 1.807) is 0 Å². The number of halogens is 1. The smallest absolute Gasteiger partial charge is 0.240 e. The molecule has 0 unspecified atom stereocenters. The van der Waals surface area contributed by atoms with Gasteiger partial charge in [-0.15, -0.1) is 0 Å². The minimum absolute atomic E-state index is 0.135. The summed E-state index contributed by atoms with van der Waals surface area (Å²) >= 11 is 0. The van der Waals surface area contributed by atoms with E-state index in [1.807, 2.05) is 0 Å². The molecule has 0 bridgehead atoms. The number of hydrogen-bond acceptors (Lipinski definition) is 4. The Balaban J connectivity index is 1.80. The van der Waals surface area contributed by atoms with Crippen LogP contribution >= 0.6 is 0 Å². The van der Waals surface area contributed by atoms with Crippen molar-refractivity contribution in [2.24, 2.45) is 0 Å². The molecule has 2 rings (SSSR count). The standard InChI is InChI=1S/C17H25FN2O4S/c1-25(22,23)20(16-10-5-4-9-15(16)18)13-17(21)19-11-6-12-24-14-7-2-3-8-14/h4-5,9-10,14H,2-3,6-8,11-13H2,1H3,(H,19,21). The highest BCUT2D eigenvalue weighted by Crippen LogP contribution is 2.21. The summed E-state index contributed by atoms with van der Waals surface area (Å²) in [4.78, 5) is 12.0. The minimum atomic E-state index is -3.77.